The Balaban J connectivity index is 1.20. The summed E-state index contributed by atoms with van der Waals surface area (Å²) in [5.74, 6) is 0. The second-order valence-electron chi connectivity index (χ2n) is 16.8. The van der Waals surface area contributed by atoms with Crippen molar-refractivity contribution in [1.29, 1.82) is 0 Å². The number of hydrogen-bond acceptors (Lipinski definition) is 31. The van der Waals surface area contributed by atoms with Gasteiger partial charge in [-0.3, -0.25) is 0 Å². The van der Waals surface area contributed by atoms with Crippen molar-refractivity contribution in [3.63, 3.8) is 0 Å². The Morgan fingerprint density at radius 1 is 0.254 bits per heavy atom. The van der Waals surface area contributed by atoms with Crippen LogP contribution < -0.4 is 0 Å². The van der Waals surface area contributed by atoms with Gasteiger partial charge in [-0.05, 0) is 0 Å². The van der Waals surface area contributed by atoms with E-state index in [9.17, 15) is 102 Å². The zero-order chi connectivity index (χ0) is 49.3. The van der Waals surface area contributed by atoms with Crippen molar-refractivity contribution in [3.05, 3.63) is 0 Å². The minimum absolute atomic E-state index is 0.851. The summed E-state index contributed by atoms with van der Waals surface area (Å²) in [6.07, 6.45) is -57.6. The minimum Gasteiger partial charge on any atom is -0.394 e. The molecule has 0 aromatic rings. The Bertz CT molecular complexity index is 1500. The lowest BCUT2D eigenvalue weighted by atomic mass is 9.95. The van der Waals surface area contributed by atoms with Gasteiger partial charge in [-0.2, -0.15) is 0 Å². The molecule has 0 radical (unpaired) electrons. The van der Waals surface area contributed by atoms with Crippen LogP contribution in [-0.2, 0) is 52.1 Å². The fraction of sp³-hybridized carbons (Fsp3) is 1.00. The predicted molar refractivity (Wildman–Crippen MR) is 199 cm³/mol. The van der Waals surface area contributed by atoms with Crippen LogP contribution in [-0.4, -0.2) is 326 Å². The largest absolute Gasteiger partial charge is 0.394 e. The van der Waals surface area contributed by atoms with Gasteiger partial charge in [-0.1, -0.05) is 0 Å². The molecule has 67 heavy (non-hydrogen) atoms. The summed E-state index contributed by atoms with van der Waals surface area (Å²) in [4.78, 5) is 0. The van der Waals surface area contributed by atoms with Crippen LogP contribution in [0.3, 0.4) is 0 Å². The van der Waals surface area contributed by atoms with Crippen LogP contribution in [0.4, 0.5) is 0 Å². The molecule has 6 heterocycles. The highest BCUT2D eigenvalue weighted by Gasteiger charge is 2.56. The van der Waals surface area contributed by atoms with Crippen LogP contribution in [0.5, 0.6) is 0 Å². The van der Waals surface area contributed by atoms with Gasteiger partial charge in [-0.15, -0.1) is 0 Å². The predicted octanol–water partition coefficient (Wildman–Crippen LogP) is -14.1. The Hall–Kier alpha value is -1.24. The molecule has 392 valence electrons. The average Bonchev–Trinajstić information content (AvgIpc) is 3.31. The van der Waals surface area contributed by atoms with E-state index in [2.05, 4.69) is 0 Å². The quantitative estimate of drug-likeness (QED) is 0.0683. The van der Waals surface area contributed by atoms with E-state index in [0.717, 1.165) is 0 Å². The van der Waals surface area contributed by atoms with Crippen molar-refractivity contribution in [3.8, 4) is 0 Å². The van der Waals surface area contributed by atoms with Crippen LogP contribution in [0.1, 0.15) is 0 Å². The van der Waals surface area contributed by atoms with Crippen LogP contribution in [0, 0.1) is 0 Å². The zero-order valence-corrected chi connectivity index (χ0v) is 35.0. The maximum absolute atomic E-state index is 11.5. The maximum atomic E-state index is 11.5. The summed E-state index contributed by atoms with van der Waals surface area (Å²) in [6.45, 7) is -5.34. The molecule has 0 amide bonds. The SMILES string of the molecule is OC[C@H]1O[C@H](OC[C@H]2O[C@H](O[C@@H]3[C@H](O)[C@@H](O)O[C@H](CO[C@H]4O[C@H](CO)[C@@H](O)[C@H](O)[C@@H]4O[C@H]4O[C@H](CO)[C@@H](O)[C@H](O)[C@@H]4O)[C@H]3O)[C@@H](O)[C@@H](O[C@H]3O[C@H](CO)[C@@H](O)[C@H](O)[C@@H]3O)[C@@H]2O)[C@@H](O)[C@@H](O)[C@@H]1O. The van der Waals surface area contributed by atoms with Gasteiger partial charge in [0.2, 0.25) is 0 Å². The van der Waals surface area contributed by atoms with E-state index < -0.39 is 224 Å². The van der Waals surface area contributed by atoms with Gasteiger partial charge in [0.15, 0.2) is 37.7 Å². The summed E-state index contributed by atoms with van der Waals surface area (Å²) in [7, 11) is 0. The van der Waals surface area contributed by atoms with Gasteiger partial charge in [0, 0.05) is 0 Å². The van der Waals surface area contributed by atoms with Gasteiger partial charge in [0.25, 0.3) is 0 Å². The molecular weight excluding hydrogens is 928 g/mol. The Morgan fingerprint density at radius 2 is 0.567 bits per heavy atom. The smallest absolute Gasteiger partial charge is 0.187 e. The van der Waals surface area contributed by atoms with E-state index in [1.807, 2.05) is 0 Å². The fourth-order valence-electron chi connectivity index (χ4n) is 8.27. The number of aliphatic hydroxyl groups is 20. The molecule has 0 aromatic heterocycles. The van der Waals surface area contributed by atoms with Crippen molar-refractivity contribution < 1.29 is 154 Å². The van der Waals surface area contributed by atoms with Crippen molar-refractivity contribution in [1.82, 2.24) is 0 Å². The first-order valence-electron chi connectivity index (χ1n) is 21.1. The lowest BCUT2D eigenvalue weighted by Crippen LogP contribution is -2.67. The molecule has 30 atom stereocenters. The molecule has 6 aliphatic heterocycles. The number of hydrogen-bond donors (Lipinski definition) is 20. The number of rotatable bonds is 16. The summed E-state index contributed by atoms with van der Waals surface area (Å²) in [5.41, 5.74) is 0. The average molecular weight is 991 g/mol. The van der Waals surface area contributed by atoms with E-state index in [4.69, 9.17) is 52.1 Å². The molecule has 0 spiro atoms. The Labute approximate surface area is 378 Å². The van der Waals surface area contributed by atoms with Crippen LogP contribution in [0.2, 0.25) is 0 Å². The molecule has 0 aromatic carbocycles. The van der Waals surface area contributed by atoms with E-state index in [1.165, 1.54) is 0 Å². The second kappa shape index (κ2) is 23.5. The zero-order valence-electron chi connectivity index (χ0n) is 35.0. The maximum Gasteiger partial charge on any atom is 0.187 e. The molecule has 0 bridgehead atoms. The molecule has 6 saturated heterocycles. The summed E-state index contributed by atoms with van der Waals surface area (Å²) in [6, 6.07) is 0. The van der Waals surface area contributed by atoms with Crippen molar-refractivity contribution >= 4 is 0 Å². The highest BCUT2D eigenvalue weighted by Crippen LogP contribution is 2.35. The first-order valence-corrected chi connectivity index (χ1v) is 21.1. The normalized spacial score (nSPS) is 53.4. The first kappa shape index (κ1) is 55.1. The Kier molecular flexibility index (Phi) is 19.4. The molecule has 6 fully saturated rings. The fourth-order valence-corrected chi connectivity index (χ4v) is 8.27. The number of aliphatic hydroxyl groups excluding tert-OH is 20. The molecule has 6 rings (SSSR count). The minimum atomic E-state index is -2.25. The third-order valence-corrected chi connectivity index (χ3v) is 12.4. The topological polar surface area (TPSA) is 506 Å². The first-order chi connectivity index (χ1) is 31.7. The van der Waals surface area contributed by atoms with Crippen LogP contribution in [0.25, 0.3) is 0 Å². The van der Waals surface area contributed by atoms with Crippen molar-refractivity contribution in [2.75, 3.05) is 39.6 Å². The highest BCUT2D eigenvalue weighted by atomic mass is 16.8. The molecule has 0 unspecified atom stereocenters. The third kappa shape index (κ3) is 11.5. The molecule has 31 heteroatoms. The second-order valence-corrected chi connectivity index (χ2v) is 16.8. The van der Waals surface area contributed by atoms with Gasteiger partial charge in [-0.25, -0.2) is 0 Å². The van der Waals surface area contributed by atoms with Gasteiger partial charge < -0.3 is 154 Å². The van der Waals surface area contributed by atoms with Gasteiger partial charge in [0.1, 0.15) is 146 Å². The lowest BCUT2D eigenvalue weighted by Gasteiger charge is -2.48. The summed E-state index contributed by atoms with van der Waals surface area (Å²) >= 11 is 0. The summed E-state index contributed by atoms with van der Waals surface area (Å²) < 4.78 is 60.8. The third-order valence-electron chi connectivity index (χ3n) is 12.4. The van der Waals surface area contributed by atoms with Gasteiger partial charge in [0.05, 0.1) is 39.6 Å². The molecule has 0 saturated carbocycles. The number of ether oxygens (including phenoxy) is 11. The van der Waals surface area contributed by atoms with Crippen LogP contribution >= 0.6 is 0 Å². The molecule has 31 nitrogen and oxygen atoms in total. The van der Waals surface area contributed by atoms with Crippen molar-refractivity contribution in [2.24, 2.45) is 0 Å². The highest BCUT2D eigenvalue weighted by molar-refractivity contribution is 4.99. The lowest BCUT2D eigenvalue weighted by molar-refractivity contribution is -0.387. The molecule has 20 N–H and O–H groups in total. The molecule has 0 aliphatic carbocycles. The van der Waals surface area contributed by atoms with E-state index in [1.54, 1.807) is 0 Å². The van der Waals surface area contributed by atoms with E-state index in [0.29, 0.717) is 0 Å². The molecular formula is C36H62O31. The van der Waals surface area contributed by atoms with Crippen LogP contribution in [0.15, 0.2) is 0 Å². The van der Waals surface area contributed by atoms with E-state index in [-0.39, 0.29) is 0 Å². The van der Waals surface area contributed by atoms with E-state index >= 15 is 0 Å². The Morgan fingerprint density at radius 3 is 1.01 bits per heavy atom. The van der Waals surface area contributed by atoms with Crippen molar-refractivity contribution in [2.45, 2.75) is 184 Å². The van der Waals surface area contributed by atoms with Gasteiger partial charge >= 0.3 is 0 Å². The monoisotopic (exact) mass is 990 g/mol. The molecule has 6 aliphatic rings. The standard InChI is InChI=1S/C36H62O31/c37-1-7-13(41)19(47)23(51)32(60-7)57-6-12-18(46)29(66-33-24(52)20(48)14(42)8(2-38)61-33)27(55)35(64-12)65-28-17(45)11(59-31(56)26(28)54)5-58-36-30(22(50)16(44)10(4-40)63-36)67-34-25(53)21(49)15(43)9(3-39)62-34/h7-56H,1-6H2/t7-,8-,9-,10-,11-,12-,13-,14-,15-,16-,17-,18-,19+,20+,21+,22+,23+,24+,25+,26+,27+,28+,29+,30+,31+,32+,33-,34-,35-,36+/m1/s1. The summed E-state index contributed by atoms with van der Waals surface area (Å²) in [5, 5.41) is 210.